The fourth-order valence-electron chi connectivity index (χ4n) is 1.79. The summed E-state index contributed by atoms with van der Waals surface area (Å²) in [7, 11) is 0. The van der Waals surface area contributed by atoms with Crippen LogP contribution in [-0.2, 0) is 6.42 Å². The lowest BCUT2D eigenvalue weighted by atomic mass is 10.0. The smallest absolute Gasteiger partial charge is 0.00419 e. The zero-order chi connectivity index (χ0) is 11.8. The monoisotopic (exact) mass is 217 g/mol. The van der Waals surface area contributed by atoms with Crippen LogP contribution in [0, 0.1) is 0 Å². The van der Waals surface area contributed by atoms with Crippen molar-refractivity contribution in [1.29, 1.82) is 0 Å². The van der Waals surface area contributed by atoms with Gasteiger partial charge < -0.3 is 5.73 Å². The molecule has 0 aliphatic carbocycles. The van der Waals surface area contributed by atoms with Crippen molar-refractivity contribution in [1.82, 2.24) is 0 Å². The lowest BCUT2D eigenvalue weighted by Gasteiger charge is -2.11. The molecule has 2 N–H and O–H groups in total. The predicted molar refractivity (Wildman–Crippen MR) is 71.4 cm³/mol. The number of hydrogen-bond donors (Lipinski definition) is 1. The molecule has 0 heterocycles. The average molecular weight is 217 g/mol. The molecule has 0 saturated carbocycles. The number of benzene rings is 1. The van der Waals surface area contributed by atoms with Crippen molar-refractivity contribution in [2.75, 3.05) is 0 Å². The summed E-state index contributed by atoms with van der Waals surface area (Å²) in [5, 5.41) is 0. The van der Waals surface area contributed by atoms with Gasteiger partial charge in [-0.25, -0.2) is 0 Å². The van der Waals surface area contributed by atoms with Crippen LogP contribution in [-0.4, -0.2) is 6.04 Å². The van der Waals surface area contributed by atoms with Crippen molar-refractivity contribution < 1.29 is 0 Å². The molecule has 0 radical (unpaired) electrons. The van der Waals surface area contributed by atoms with Crippen molar-refractivity contribution in [2.45, 2.75) is 45.1 Å². The minimum atomic E-state index is 0.334. The Bertz CT molecular complexity index is 302. The summed E-state index contributed by atoms with van der Waals surface area (Å²) in [5.74, 6) is 0. The summed E-state index contributed by atoms with van der Waals surface area (Å²) in [6, 6.07) is 10.9. The van der Waals surface area contributed by atoms with E-state index in [0.29, 0.717) is 6.04 Å². The molecule has 1 aromatic rings. The van der Waals surface area contributed by atoms with Crippen LogP contribution in [0.15, 0.2) is 42.5 Å². The molecule has 1 nitrogen and oxygen atoms in total. The van der Waals surface area contributed by atoms with Crippen LogP contribution in [0.25, 0.3) is 0 Å². The normalized spacial score (nSPS) is 12.4. The van der Waals surface area contributed by atoms with Crippen LogP contribution in [0.2, 0.25) is 0 Å². The SMILES string of the molecule is C=C(C)CCC(N)CCCc1ccccc1. The van der Waals surface area contributed by atoms with Crippen LogP contribution in [0.3, 0.4) is 0 Å². The highest BCUT2D eigenvalue weighted by atomic mass is 14.6. The topological polar surface area (TPSA) is 26.0 Å². The van der Waals surface area contributed by atoms with E-state index in [1.165, 1.54) is 17.6 Å². The average Bonchev–Trinajstić information content (AvgIpc) is 2.28. The Morgan fingerprint density at radius 2 is 1.94 bits per heavy atom. The number of aryl methyl sites for hydroxylation is 1. The third-order valence-electron chi connectivity index (χ3n) is 2.83. The van der Waals surface area contributed by atoms with Gasteiger partial charge in [-0.3, -0.25) is 0 Å². The first-order valence-corrected chi connectivity index (χ1v) is 6.12. The molecule has 0 aliphatic heterocycles. The van der Waals surface area contributed by atoms with Crippen LogP contribution in [0.5, 0.6) is 0 Å². The van der Waals surface area contributed by atoms with Gasteiger partial charge in [-0.2, -0.15) is 0 Å². The standard InChI is InChI=1S/C15H23N/c1-13(2)11-12-15(16)10-6-9-14-7-4-3-5-8-14/h3-5,7-8,15H,1,6,9-12,16H2,2H3. The van der Waals surface area contributed by atoms with E-state index in [-0.39, 0.29) is 0 Å². The van der Waals surface area contributed by atoms with E-state index >= 15 is 0 Å². The number of nitrogens with two attached hydrogens (primary N) is 1. The second-order valence-corrected chi connectivity index (χ2v) is 4.63. The minimum absolute atomic E-state index is 0.334. The first-order valence-electron chi connectivity index (χ1n) is 6.12. The molecule has 0 fully saturated rings. The second-order valence-electron chi connectivity index (χ2n) is 4.63. The Balaban J connectivity index is 2.13. The Morgan fingerprint density at radius 3 is 2.56 bits per heavy atom. The van der Waals surface area contributed by atoms with Gasteiger partial charge in [0.15, 0.2) is 0 Å². The van der Waals surface area contributed by atoms with Crippen LogP contribution in [0.1, 0.15) is 38.2 Å². The third kappa shape index (κ3) is 5.72. The van der Waals surface area contributed by atoms with Crippen molar-refractivity contribution >= 4 is 0 Å². The Hall–Kier alpha value is -1.08. The molecule has 1 heteroatoms. The molecular weight excluding hydrogens is 194 g/mol. The first kappa shape index (κ1) is 13.0. The fourth-order valence-corrected chi connectivity index (χ4v) is 1.79. The maximum Gasteiger partial charge on any atom is 0.00419 e. The Labute approximate surface area is 99.4 Å². The maximum atomic E-state index is 6.05. The molecule has 1 rings (SSSR count). The van der Waals surface area contributed by atoms with E-state index in [9.17, 15) is 0 Å². The van der Waals surface area contributed by atoms with Gasteiger partial charge in [0.25, 0.3) is 0 Å². The highest BCUT2D eigenvalue weighted by molar-refractivity contribution is 5.14. The van der Waals surface area contributed by atoms with Gasteiger partial charge in [0.2, 0.25) is 0 Å². The molecule has 0 aromatic heterocycles. The fraction of sp³-hybridized carbons (Fsp3) is 0.467. The van der Waals surface area contributed by atoms with Crippen molar-refractivity contribution in [3.63, 3.8) is 0 Å². The summed E-state index contributed by atoms with van der Waals surface area (Å²) in [5.41, 5.74) is 8.69. The van der Waals surface area contributed by atoms with E-state index in [4.69, 9.17) is 5.73 Å². The van der Waals surface area contributed by atoms with E-state index < -0.39 is 0 Å². The van der Waals surface area contributed by atoms with Crippen molar-refractivity contribution in [2.24, 2.45) is 5.73 Å². The van der Waals surface area contributed by atoms with Gasteiger partial charge >= 0.3 is 0 Å². The third-order valence-corrected chi connectivity index (χ3v) is 2.83. The number of hydrogen-bond acceptors (Lipinski definition) is 1. The first-order chi connectivity index (χ1) is 7.68. The summed E-state index contributed by atoms with van der Waals surface area (Å²) >= 11 is 0. The quantitative estimate of drug-likeness (QED) is 0.692. The molecule has 0 saturated heterocycles. The van der Waals surface area contributed by atoms with Gasteiger partial charge in [-0.05, 0) is 44.6 Å². The summed E-state index contributed by atoms with van der Waals surface area (Å²) in [6.07, 6.45) is 5.57. The zero-order valence-corrected chi connectivity index (χ0v) is 10.3. The molecule has 1 unspecified atom stereocenters. The second kappa shape index (κ2) is 7.24. The van der Waals surface area contributed by atoms with Gasteiger partial charge in [0, 0.05) is 6.04 Å². The highest BCUT2D eigenvalue weighted by Gasteiger charge is 2.02. The minimum Gasteiger partial charge on any atom is -0.328 e. The molecule has 88 valence electrons. The Morgan fingerprint density at radius 1 is 1.25 bits per heavy atom. The Kier molecular flexibility index (Phi) is 5.87. The molecule has 0 spiro atoms. The summed E-state index contributed by atoms with van der Waals surface area (Å²) in [4.78, 5) is 0. The van der Waals surface area contributed by atoms with Crippen molar-refractivity contribution in [3.05, 3.63) is 48.0 Å². The zero-order valence-electron chi connectivity index (χ0n) is 10.3. The largest absolute Gasteiger partial charge is 0.328 e. The molecule has 0 amide bonds. The summed E-state index contributed by atoms with van der Waals surface area (Å²) < 4.78 is 0. The number of allylic oxidation sites excluding steroid dienone is 1. The molecular formula is C15H23N. The molecule has 16 heavy (non-hydrogen) atoms. The van der Waals surface area contributed by atoms with Crippen LogP contribution >= 0.6 is 0 Å². The van der Waals surface area contributed by atoms with E-state index in [1.807, 2.05) is 0 Å². The van der Waals surface area contributed by atoms with Gasteiger partial charge in [0.05, 0.1) is 0 Å². The lowest BCUT2D eigenvalue weighted by molar-refractivity contribution is 0.545. The lowest BCUT2D eigenvalue weighted by Crippen LogP contribution is -2.19. The molecule has 0 bridgehead atoms. The van der Waals surface area contributed by atoms with Gasteiger partial charge in [0.1, 0.15) is 0 Å². The van der Waals surface area contributed by atoms with Crippen molar-refractivity contribution in [3.8, 4) is 0 Å². The van der Waals surface area contributed by atoms with E-state index in [1.54, 1.807) is 0 Å². The van der Waals surface area contributed by atoms with E-state index in [2.05, 4.69) is 43.8 Å². The van der Waals surface area contributed by atoms with Gasteiger partial charge in [-0.15, -0.1) is 6.58 Å². The number of rotatable bonds is 7. The van der Waals surface area contributed by atoms with Crippen LogP contribution < -0.4 is 5.73 Å². The van der Waals surface area contributed by atoms with Crippen LogP contribution in [0.4, 0.5) is 0 Å². The molecule has 0 aliphatic rings. The molecule has 1 atom stereocenters. The predicted octanol–water partition coefficient (Wildman–Crippen LogP) is 3.69. The highest BCUT2D eigenvalue weighted by Crippen LogP contribution is 2.10. The van der Waals surface area contributed by atoms with Gasteiger partial charge in [-0.1, -0.05) is 35.9 Å². The maximum absolute atomic E-state index is 6.05. The summed E-state index contributed by atoms with van der Waals surface area (Å²) in [6.45, 7) is 5.97. The van der Waals surface area contributed by atoms with E-state index in [0.717, 1.165) is 25.7 Å². The molecule has 1 aromatic carbocycles.